The second-order valence-electron chi connectivity index (χ2n) is 5.11. The summed E-state index contributed by atoms with van der Waals surface area (Å²) in [7, 11) is 0. The zero-order valence-electron chi connectivity index (χ0n) is 10.6. The minimum Gasteiger partial charge on any atom is -0.488 e. The molecule has 1 aromatic rings. The van der Waals surface area contributed by atoms with Crippen LogP contribution in [0, 0.1) is 22.5 Å². The van der Waals surface area contributed by atoms with Gasteiger partial charge in [-0.15, -0.1) is 0 Å². The van der Waals surface area contributed by atoms with Gasteiger partial charge in [0.15, 0.2) is 0 Å². The smallest absolute Gasteiger partial charge is 0.276 e. The van der Waals surface area contributed by atoms with Crippen LogP contribution < -0.4 is 4.74 Å². The quantitative estimate of drug-likeness (QED) is 0.610. The van der Waals surface area contributed by atoms with Gasteiger partial charge in [-0.2, -0.15) is 0 Å². The van der Waals surface area contributed by atoms with E-state index in [0.29, 0.717) is 17.7 Å². The molecule has 1 atom stereocenters. The van der Waals surface area contributed by atoms with Gasteiger partial charge in [-0.05, 0) is 26.8 Å². The van der Waals surface area contributed by atoms with E-state index in [9.17, 15) is 14.9 Å². The lowest BCUT2D eigenvalue weighted by Crippen LogP contribution is -2.53. The number of nitro groups is 1. The van der Waals surface area contributed by atoms with Gasteiger partial charge >= 0.3 is 0 Å². The fraction of sp³-hybridized carbons (Fsp3) is 0.462. The molecule has 0 aliphatic heterocycles. The number of nitro benzene ring substituents is 1. The van der Waals surface area contributed by atoms with Crippen molar-refractivity contribution in [2.75, 3.05) is 0 Å². The van der Waals surface area contributed by atoms with Crippen molar-refractivity contribution >= 4 is 11.5 Å². The highest BCUT2D eigenvalue weighted by Gasteiger charge is 2.49. The van der Waals surface area contributed by atoms with Gasteiger partial charge in [-0.25, -0.2) is 0 Å². The highest BCUT2D eigenvalue weighted by atomic mass is 16.6. The first kappa shape index (κ1) is 12.5. The summed E-state index contributed by atoms with van der Waals surface area (Å²) >= 11 is 0. The lowest BCUT2D eigenvalue weighted by molar-refractivity contribution is -0.385. The molecule has 0 saturated heterocycles. The Morgan fingerprint density at radius 1 is 1.44 bits per heavy atom. The average Bonchev–Trinajstić information content (AvgIpc) is 2.30. The summed E-state index contributed by atoms with van der Waals surface area (Å²) in [6.07, 6.45) is 0.167. The summed E-state index contributed by atoms with van der Waals surface area (Å²) < 4.78 is 5.73. The molecule has 0 heterocycles. The van der Waals surface area contributed by atoms with E-state index in [-0.39, 0.29) is 17.6 Å². The highest BCUT2D eigenvalue weighted by Crippen LogP contribution is 2.40. The molecule has 0 spiro atoms. The molecule has 1 aliphatic rings. The molecule has 1 unspecified atom stereocenters. The lowest BCUT2D eigenvalue weighted by Gasteiger charge is -2.42. The summed E-state index contributed by atoms with van der Waals surface area (Å²) in [4.78, 5) is 21.8. The van der Waals surface area contributed by atoms with Crippen molar-refractivity contribution < 1.29 is 14.5 Å². The molecule has 96 valence electrons. The van der Waals surface area contributed by atoms with Crippen molar-refractivity contribution in [3.8, 4) is 5.75 Å². The second-order valence-corrected chi connectivity index (χ2v) is 5.11. The van der Waals surface area contributed by atoms with Crippen LogP contribution in [0.4, 0.5) is 5.69 Å². The molecule has 0 bridgehead atoms. The Kier molecular flexibility index (Phi) is 2.84. The maximum atomic E-state index is 11.4. The predicted octanol–water partition coefficient (Wildman–Crippen LogP) is 2.65. The van der Waals surface area contributed by atoms with E-state index in [2.05, 4.69) is 0 Å². The largest absolute Gasteiger partial charge is 0.488 e. The zero-order valence-corrected chi connectivity index (χ0v) is 10.6. The molecule has 5 nitrogen and oxygen atoms in total. The van der Waals surface area contributed by atoms with Crippen LogP contribution in [0.1, 0.15) is 25.8 Å². The monoisotopic (exact) mass is 249 g/mol. The third-order valence-corrected chi connectivity index (χ3v) is 3.62. The highest BCUT2D eigenvalue weighted by molar-refractivity contribution is 5.91. The number of benzene rings is 1. The number of nitrogens with zero attached hydrogens (tertiary/aromatic N) is 1. The number of hydrogen-bond acceptors (Lipinski definition) is 4. The molecule has 0 radical (unpaired) electrons. The number of Topliss-reactive ketones (excluding diaryl/α,β-unsaturated/α-hetero) is 1. The van der Waals surface area contributed by atoms with Crippen molar-refractivity contribution in [3.05, 3.63) is 33.9 Å². The van der Waals surface area contributed by atoms with E-state index < -0.39 is 10.3 Å². The van der Waals surface area contributed by atoms with Gasteiger partial charge in [0.1, 0.15) is 17.6 Å². The van der Waals surface area contributed by atoms with Crippen molar-refractivity contribution in [2.24, 2.45) is 5.41 Å². The van der Waals surface area contributed by atoms with Crippen LogP contribution in [0.2, 0.25) is 0 Å². The molecule has 1 aromatic carbocycles. The van der Waals surface area contributed by atoms with Crippen LogP contribution >= 0.6 is 0 Å². The van der Waals surface area contributed by atoms with Crippen molar-refractivity contribution in [1.29, 1.82) is 0 Å². The molecule has 18 heavy (non-hydrogen) atoms. The first-order valence-electron chi connectivity index (χ1n) is 5.78. The topological polar surface area (TPSA) is 69.4 Å². The standard InChI is InChI=1S/C13H15NO4/c1-8-9(14(16)17)5-4-6-10(8)18-12-7-11(15)13(12,2)3/h4-6,12H,7H2,1-3H3. The maximum absolute atomic E-state index is 11.4. The molecule has 0 N–H and O–H groups in total. The van der Waals surface area contributed by atoms with Crippen LogP contribution in [0.15, 0.2) is 18.2 Å². The fourth-order valence-electron chi connectivity index (χ4n) is 2.01. The van der Waals surface area contributed by atoms with E-state index in [0.717, 1.165) is 0 Å². The average molecular weight is 249 g/mol. The second kappa shape index (κ2) is 4.08. The molecule has 5 heteroatoms. The fourth-order valence-corrected chi connectivity index (χ4v) is 2.01. The molecule has 1 saturated carbocycles. The number of carbonyl (C=O) groups is 1. The Labute approximate surface area is 105 Å². The Morgan fingerprint density at radius 2 is 2.11 bits per heavy atom. The molecule has 1 aliphatic carbocycles. The van der Waals surface area contributed by atoms with Gasteiger partial charge in [0, 0.05) is 12.5 Å². The lowest BCUT2D eigenvalue weighted by atomic mass is 9.68. The third kappa shape index (κ3) is 1.85. The molecule has 2 rings (SSSR count). The van der Waals surface area contributed by atoms with E-state index in [4.69, 9.17) is 4.74 Å². The minimum atomic E-state index is -0.503. The van der Waals surface area contributed by atoms with Gasteiger partial charge < -0.3 is 4.74 Å². The summed E-state index contributed by atoms with van der Waals surface area (Å²) in [5.74, 6) is 0.644. The van der Waals surface area contributed by atoms with Gasteiger partial charge in [0.2, 0.25) is 0 Å². The number of ether oxygens (including phenoxy) is 1. The van der Waals surface area contributed by atoms with Crippen molar-refractivity contribution in [2.45, 2.75) is 33.3 Å². The predicted molar refractivity (Wildman–Crippen MR) is 65.7 cm³/mol. The number of hydrogen-bond donors (Lipinski definition) is 0. The molecule has 0 aromatic heterocycles. The van der Waals surface area contributed by atoms with E-state index >= 15 is 0 Å². The normalized spacial score (nSPS) is 21.3. The van der Waals surface area contributed by atoms with Crippen molar-refractivity contribution in [1.82, 2.24) is 0 Å². The van der Waals surface area contributed by atoms with Gasteiger partial charge in [0.25, 0.3) is 5.69 Å². The number of carbonyl (C=O) groups excluding carboxylic acids is 1. The van der Waals surface area contributed by atoms with Crippen LogP contribution in [0.3, 0.4) is 0 Å². The van der Waals surface area contributed by atoms with Gasteiger partial charge in [-0.3, -0.25) is 14.9 Å². The summed E-state index contributed by atoms with van der Waals surface area (Å²) in [5.41, 5.74) is 0.0328. The Hall–Kier alpha value is -1.91. The SMILES string of the molecule is Cc1c(OC2CC(=O)C2(C)C)cccc1[N+](=O)[O-]. The summed E-state index contributed by atoms with van der Waals surface area (Å²) in [6.45, 7) is 5.31. The zero-order chi connectivity index (χ0) is 13.5. The van der Waals surface area contributed by atoms with Crippen molar-refractivity contribution in [3.63, 3.8) is 0 Å². The molecular formula is C13H15NO4. The number of rotatable bonds is 3. The molecular weight excluding hydrogens is 234 g/mol. The van der Waals surface area contributed by atoms with Gasteiger partial charge in [-0.1, -0.05) is 6.07 Å². The van der Waals surface area contributed by atoms with Crippen LogP contribution in [0.25, 0.3) is 0 Å². The van der Waals surface area contributed by atoms with E-state index in [1.165, 1.54) is 6.07 Å². The molecule has 1 fully saturated rings. The van der Waals surface area contributed by atoms with Crippen LogP contribution in [-0.4, -0.2) is 16.8 Å². The van der Waals surface area contributed by atoms with E-state index in [1.807, 2.05) is 13.8 Å². The summed E-state index contributed by atoms with van der Waals surface area (Å²) in [6, 6.07) is 4.73. The van der Waals surface area contributed by atoms with Crippen LogP contribution in [-0.2, 0) is 4.79 Å². The third-order valence-electron chi connectivity index (χ3n) is 3.62. The Balaban J connectivity index is 2.24. The van der Waals surface area contributed by atoms with Gasteiger partial charge in [0.05, 0.1) is 15.9 Å². The first-order valence-corrected chi connectivity index (χ1v) is 5.78. The maximum Gasteiger partial charge on any atom is 0.276 e. The van der Waals surface area contributed by atoms with Crippen LogP contribution in [0.5, 0.6) is 5.75 Å². The Morgan fingerprint density at radius 3 is 2.61 bits per heavy atom. The Bertz CT molecular complexity index is 522. The first-order chi connectivity index (χ1) is 8.34. The number of ketones is 1. The van der Waals surface area contributed by atoms with E-state index in [1.54, 1.807) is 19.1 Å². The summed E-state index contributed by atoms with van der Waals surface area (Å²) in [5, 5.41) is 10.8. The molecule has 0 amide bonds. The minimum absolute atomic E-state index is 0.0379.